The van der Waals surface area contributed by atoms with Gasteiger partial charge in [-0.15, -0.1) is 0 Å². The average molecular weight is 425 g/mol. The Kier molecular flexibility index (Phi) is 6.19. The molecule has 7 heteroatoms. The topological polar surface area (TPSA) is 59.1 Å². The van der Waals surface area contributed by atoms with Crippen molar-refractivity contribution in [1.82, 2.24) is 9.80 Å². The van der Waals surface area contributed by atoms with Crippen LogP contribution in [0.4, 0.5) is 4.79 Å². The van der Waals surface area contributed by atoms with Crippen molar-refractivity contribution >= 4 is 27.9 Å². The van der Waals surface area contributed by atoms with E-state index in [9.17, 15) is 9.59 Å². The zero-order valence-corrected chi connectivity index (χ0v) is 16.7. The molecule has 6 nitrogen and oxygen atoms in total. The maximum absolute atomic E-state index is 13.6. The third kappa shape index (κ3) is 3.88. The van der Waals surface area contributed by atoms with Crippen molar-refractivity contribution < 1.29 is 19.1 Å². The van der Waals surface area contributed by atoms with Crippen molar-refractivity contribution in [2.45, 2.75) is 24.7 Å². The van der Waals surface area contributed by atoms with E-state index in [2.05, 4.69) is 15.9 Å². The summed E-state index contributed by atoms with van der Waals surface area (Å²) >= 11 is 3.47. The van der Waals surface area contributed by atoms with Gasteiger partial charge in [-0.05, 0) is 37.0 Å². The summed E-state index contributed by atoms with van der Waals surface area (Å²) in [6, 6.07) is 8.04. The highest BCUT2D eigenvalue weighted by Gasteiger charge is 2.44. The minimum Gasteiger partial charge on any atom is -0.453 e. The van der Waals surface area contributed by atoms with Gasteiger partial charge >= 0.3 is 6.09 Å². The fourth-order valence-corrected chi connectivity index (χ4v) is 4.11. The number of carbonyl (C=O) groups is 2. The summed E-state index contributed by atoms with van der Waals surface area (Å²) < 4.78 is 11.4. The lowest BCUT2D eigenvalue weighted by Gasteiger charge is -2.40. The minimum absolute atomic E-state index is 0.148. The summed E-state index contributed by atoms with van der Waals surface area (Å²) in [6.07, 6.45) is 1.80. The lowest BCUT2D eigenvalue weighted by Crippen LogP contribution is -2.51. The Morgan fingerprint density at radius 3 is 2.31 bits per heavy atom. The van der Waals surface area contributed by atoms with Crippen LogP contribution in [-0.4, -0.2) is 68.3 Å². The Balaban J connectivity index is 1.82. The van der Waals surface area contributed by atoms with Gasteiger partial charge in [-0.2, -0.15) is 0 Å². The molecule has 1 aromatic rings. The van der Waals surface area contributed by atoms with E-state index in [4.69, 9.17) is 9.47 Å². The Morgan fingerprint density at radius 1 is 1.04 bits per heavy atom. The number of halogens is 1. The van der Waals surface area contributed by atoms with Gasteiger partial charge in [0.05, 0.1) is 12.5 Å². The molecular weight excluding hydrogens is 400 g/mol. The van der Waals surface area contributed by atoms with Crippen LogP contribution in [0.25, 0.3) is 0 Å². The van der Waals surface area contributed by atoms with Crippen LogP contribution in [0.15, 0.2) is 28.7 Å². The second kappa shape index (κ2) is 8.39. The smallest absolute Gasteiger partial charge is 0.409 e. The third-order valence-electron chi connectivity index (χ3n) is 5.37. The van der Waals surface area contributed by atoms with Crippen molar-refractivity contribution in [3.05, 3.63) is 34.3 Å². The van der Waals surface area contributed by atoms with E-state index < -0.39 is 5.41 Å². The normalized spacial score (nSPS) is 20.4. The molecule has 0 aromatic heterocycles. The van der Waals surface area contributed by atoms with Gasteiger partial charge in [-0.3, -0.25) is 4.79 Å². The first-order valence-electron chi connectivity index (χ1n) is 9.03. The predicted molar refractivity (Wildman–Crippen MR) is 101 cm³/mol. The van der Waals surface area contributed by atoms with Crippen molar-refractivity contribution in [1.29, 1.82) is 0 Å². The molecule has 2 saturated heterocycles. The largest absolute Gasteiger partial charge is 0.453 e. The van der Waals surface area contributed by atoms with Crippen LogP contribution in [0.2, 0.25) is 0 Å². The van der Waals surface area contributed by atoms with Crippen LogP contribution in [0.1, 0.15) is 24.8 Å². The van der Waals surface area contributed by atoms with Crippen LogP contribution in [0.3, 0.4) is 0 Å². The molecule has 0 aliphatic carbocycles. The molecule has 3 rings (SSSR count). The molecule has 2 amide bonds. The zero-order chi connectivity index (χ0) is 18.6. The molecule has 0 N–H and O–H groups in total. The van der Waals surface area contributed by atoms with Gasteiger partial charge < -0.3 is 19.3 Å². The standard InChI is InChI=1S/C19H25BrN2O4/c1-25-18(24)22-10-2-9-21(11-12-22)17(23)19(7-13-26-14-8-19)15-3-5-16(20)6-4-15/h3-6H,2,7-14H2,1H3. The number of methoxy groups -OCH3 is 1. The lowest BCUT2D eigenvalue weighted by molar-refractivity contribution is -0.141. The Bertz CT molecular complexity index is 643. The molecule has 0 spiro atoms. The first-order chi connectivity index (χ1) is 12.6. The summed E-state index contributed by atoms with van der Waals surface area (Å²) in [4.78, 5) is 29.0. The molecule has 0 radical (unpaired) electrons. The van der Waals surface area contributed by atoms with Crippen LogP contribution in [0, 0.1) is 0 Å². The second-order valence-electron chi connectivity index (χ2n) is 6.80. The molecule has 1 aromatic carbocycles. The van der Waals surface area contributed by atoms with Crippen LogP contribution < -0.4 is 0 Å². The monoisotopic (exact) mass is 424 g/mol. The van der Waals surface area contributed by atoms with Gasteiger partial charge in [-0.1, -0.05) is 28.1 Å². The molecule has 0 saturated carbocycles. The summed E-state index contributed by atoms with van der Waals surface area (Å²) in [5.41, 5.74) is 0.502. The van der Waals surface area contributed by atoms with Gasteiger partial charge in [0.25, 0.3) is 0 Å². The predicted octanol–water partition coefficient (Wildman–Crippen LogP) is 2.80. The maximum Gasteiger partial charge on any atom is 0.409 e. The molecule has 2 fully saturated rings. The van der Waals surface area contributed by atoms with Gasteiger partial charge in [0.2, 0.25) is 5.91 Å². The summed E-state index contributed by atoms with van der Waals surface area (Å²) in [6.45, 7) is 3.49. The number of hydrogen-bond acceptors (Lipinski definition) is 4. The quantitative estimate of drug-likeness (QED) is 0.732. The number of ether oxygens (including phenoxy) is 2. The highest BCUT2D eigenvalue weighted by molar-refractivity contribution is 9.10. The first-order valence-corrected chi connectivity index (χ1v) is 9.82. The van der Waals surface area contributed by atoms with Crippen molar-refractivity contribution in [2.75, 3.05) is 46.5 Å². The third-order valence-corrected chi connectivity index (χ3v) is 5.90. The zero-order valence-electron chi connectivity index (χ0n) is 15.1. The van der Waals surface area contributed by atoms with Crippen molar-refractivity contribution in [3.63, 3.8) is 0 Å². The SMILES string of the molecule is COC(=O)N1CCCN(C(=O)C2(c3ccc(Br)cc3)CCOCC2)CC1. The van der Waals surface area contributed by atoms with E-state index in [0.29, 0.717) is 52.2 Å². The Hall–Kier alpha value is -1.60. The molecule has 142 valence electrons. The molecule has 0 unspecified atom stereocenters. The molecule has 2 aliphatic rings. The molecule has 26 heavy (non-hydrogen) atoms. The molecular formula is C19H25BrN2O4. The fraction of sp³-hybridized carbons (Fsp3) is 0.579. The van der Waals surface area contributed by atoms with E-state index in [1.54, 1.807) is 4.90 Å². The van der Waals surface area contributed by atoms with Crippen LogP contribution >= 0.6 is 15.9 Å². The van der Waals surface area contributed by atoms with E-state index in [1.165, 1.54) is 7.11 Å². The van der Waals surface area contributed by atoms with Gasteiger partial charge in [0.15, 0.2) is 0 Å². The van der Waals surface area contributed by atoms with E-state index in [-0.39, 0.29) is 12.0 Å². The number of hydrogen-bond donors (Lipinski definition) is 0. The maximum atomic E-state index is 13.6. The highest BCUT2D eigenvalue weighted by Crippen LogP contribution is 2.37. The van der Waals surface area contributed by atoms with Gasteiger partial charge in [0, 0.05) is 43.9 Å². The van der Waals surface area contributed by atoms with Crippen LogP contribution in [0.5, 0.6) is 0 Å². The van der Waals surface area contributed by atoms with Crippen molar-refractivity contribution in [2.24, 2.45) is 0 Å². The van der Waals surface area contributed by atoms with Gasteiger partial charge in [-0.25, -0.2) is 4.79 Å². The molecule has 0 atom stereocenters. The molecule has 0 bridgehead atoms. The molecule has 2 aliphatic heterocycles. The van der Waals surface area contributed by atoms with E-state index >= 15 is 0 Å². The van der Waals surface area contributed by atoms with E-state index in [1.807, 2.05) is 29.2 Å². The summed E-state index contributed by atoms with van der Waals surface area (Å²) in [5.74, 6) is 0.148. The minimum atomic E-state index is -0.542. The average Bonchev–Trinajstić information content (AvgIpc) is 2.94. The van der Waals surface area contributed by atoms with Crippen LogP contribution in [-0.2, 0) is 19.7 Å². The Labute approximate surface area is 162 Å². The number of nitrogens with zero attached hydrogens (tertiary/aromatic N) is 2. The lowest BCUT2D eigenvalue weighted by atomic mass is 9.73. The van der Waals surface area contributed by atoms with Crippen molar-refractivity contribution in [3.8, 4) is 0 Å². The number of rotatable bonds is 2. The van der Waals surface area contributed by atoms with Gasteiger partial charge in [0.1, 0.15) is 0 Å². The molecule has 2 heterocycles. The summed E-state index contributed by atoms with van der Waals surface area (Å²) in [5, 5.41) is 0. The number of carbonyl (C=O) groups excluding carboxylic acids is 2. The summed E-state index contributed by atoms with van der Waals surface area (Å²) in [7, 11) is 1.39. The number of amides is 2. The first kappa shape index (κ1) is 19.2. The Morgan fingerprint density at radius 2 is 1.65 bits per heavy atom. The fourth-order valence-electron chi connectivity index (χ4n) is 3.85. The number of benzene rings is 1. The van der Waals surface area contributed by atoms with E-state index in [0.717, 1.165) is 16.5 Å². The highest BCUT2D eigenvalue weighted by atomic mass is 79.9. The second-order valence-corrected chi connectivity index (χ2v) is 7.72.